The van der Waals surface area contributed by atoms with Crippen LogP contribution in [-0.2, 0) is 4.79 Å². The predicted molar refractivity (Wildman–Crippen MR) is 68.1 cm³/mol. The fraction of sp³-hybridized carbons (Fsp3) is 0.545. The van der Waals surface area contributed by atoms with Crippen molar-refractivity contribution in [3.05, 3.63) is 17.4 Å². The van der Waals surface area contributed by atoms with Crippen molar-refractivity contribution in [3.63, 3.8) is 0 Å². The van der Waals surface area contributed by atoms with Crippen molar-refractivity contribution in [3.8, 4) is 0 Å². The summed E-state index contributed by atoms with van der Waals surface area (Å²) in [4.78, 5) is 21.4. The summed E-state index contributed by atoms with van der Waals surface area (Å²) >= 11 is 5.66. The lowest BCUT2D eigenvalue weighted by atomic mass is 10.3. The largest absolute Gasteiger partial charge is 0.354 e. The molecule has 0 bridgehead atoms. The molecule has 0 radical (unpaired) electrons. The second-order valence-corrected chi connectivity index (χ2v) is 3.90. The minimum Gasteiger partial charge on any atom is -0.354 e. The van der Waals surface area contributed by atoms with Crippen molar-refractivity contribution in [2.75, 3.05) is 25.0 Å². The average molecular weight is 257 g/mol. The van der Waals surface area contributed by atoms with Crippen molar-refractivity contribution < 1.29 is 4.79 Å². The van der Waals surface area contributed by atoms with Crippen LogP contribution >= 0.6 is 11.6 Å². The maximum absolute atomic E-state index is 11.7. The fourth-order valence-corrected chi connectivity index (χ4v) is 1.52. The van der Waals surface area contributed by atoms with Gasteiger partial charge in [-0.15, -0.1) is 0 Å². The molecule has 1 N–H and O–H groups in total. The molecule has 0 aliphatic carbocycles. The van der Waals surface area contributed by atoms with Crippen molar-refractivity contribution in [1.82, 2.24) is 14.9 Å². The number of nitrogens with one attached hydrogen (secondary N) is 1. The predicted octanol–water partition coefficient (Wildman–Crippen LogP) is 1.80. The Morgan fingerprint density at radius 2 is 1.94 bits per heavy atom. The molecule has 1 rings (SSSR count). The van der Waals surface area contributed by atoms with E-state index in [1.54, 1.807) is 4.90 Å². The number of hydrogen-bond acceptors (Lipinski definition) is 4. The molecule has 0 unspecified atom stereocenters. The molecule has 17 heavy (non-hydrogen) atoms. The van der Waals surface area contributed by atoms with E-state index in [1.807, 2.05) is 13.8 Å². The zero-order valence-corrected chi connectivity index (χ0v) is 10.9. The van der Waals surface area contributed by atoms with Crippen molar-refractivity contribution in [2.24, 2.45) is 0 Å². The molecule has 1 aromatic rings. The molecule has 1 heterocycles. The highest BCUT2D eigenvalue weighted by atomic mass is 35.5. The number of nitrogens with zero attached hydrogens (tertiary/aromatic N) is 3. The van der Waals surface area contributed by atoms with E-state index in [2.05, 4.69) is 15.3 Å². The molecule has 94 valence electrons. The third kappa shape index (κ3) is 4.56. The summed E-state index contributed by atoms with van der Waals surface area (Å²) < 4.78 is 0. The highest BCUT2D eigenvalue weighted by Gasteiger charge is 2.08. The first-order chi connectivity index (χ1) is 8.17. The summed E-state index contributed by atoms with van der Waals surface area (Å²) in [5, 5.41) is 3.47. The number of carbonyl (C=O) groups excluding carboxylic acids is 1. The minimum absolute atomic E-state index is 0.136. The molecule has 6 heteroatoms. The summed E-state index contributed by atoms with van der Waals surface area (Å²) in [5.74, 6) is 0.623. The Morgan fingerprint density at radius 1 is 1.35 bits per heavy atom. The van der Waals surface area contributed by atoms with Crippen LogP contribution in [0, 0.1) is 0 Å². The Bertz CT molecular complexity index is 351. The number of rotatable bonds is 6. The summed E-state index contributed by atoms with van der Waals surface area (Å²) in [7, 11) is 0. The smallest absolute Gasteiger partial charge is 0.224 e. The summed E-state index contributed by atoms with van der Waals surface area (Å²) in [6, 6.07) is 0. The lowest BCUT2D eigenvalue weighted by Crippen LogP contribution is -2.31. The lowest BCUT2D eigenvalue weighted by Gasteiger charge is -2.18. The maximum atomic E-state index is 11.7. The Morgan fingerprint density at radius 3 is 2.47 bits per heavy atom. The third-order valence-electron chi connectivity index (χ3n) is 2.36. The molecular formula is C11H17ClN4O. The van der Waals surface area contributed by atoms with E-state index < -0.39 is 0 Å². The van der Waals surface area contributed by atoms with E-state index >= 15 is 0 Å². The summed E-state index contributed by atoms with van der Waals surface area (Å²) in [5.41, 5.74) is 0. The summed E-state index contributed by atoms with van der Waals surface area (Å²) in [6.45, 7) is 5.95. The van der Waals surface area contributed by atoms with Crippen molar-refractivity contribution in [2.45, 2.75) is 20.3 Å². The van der Waals surface area contributed by atoms with Crippen LogP contribution in [0.1, 0.15) is 20.3 Å². The highest BCUT2D eigenvalue weighted by molar-refractivity contribution is 6.30. The van der Waals surface area contributed by atoms with E-state index in [0.717, 1.165) is 13.1 Å². The normalized spacial score (nSPS) is 10.1. The SMILES string of the molecule is CCN(CC)C(=O)CCNc1ncc(Cl)cn1. The quantitative estimate of drug-likeness (QED) is 0.843. The third-order valence-corrected chi connectivity index (χ3v) is 2.55. The lowest BCUT2D eigenvalue weighted by molar-refractivity contribution is -0.130. The van der Waals surface area contributed by atoms with Gasteiger partial charge in [0.15, 0.2) is 0 Å². The van der Waals surface area contributed by atoms with Gasteiger partial charge in [0.05, 0.1) is 17.4 Å². The standard InChI is InChI=1S/C11H17ClN4O/c1-3-16(4-2)10(17)5-6-13-11-14-7-9(12)8-15-11/h7-8H,3-6H2,1-2H3,(H,13,14,15). The highest BCUT2D eigenvalue weighted by Crippen LogP contribution is 2.05. The van der Waals surface area contributed by atoms with Crippen molar-refractivity contribution >= 4 is 23.5 Å². The minimum atomic E-state index is 0.136. The van der Waals surface area contributed by atoms with Crippen LogP contribution in [0.25, 0.3) is 0 Å². The first-order valence-electron chi connectivity index (χ1n) is 5.66. The van der Waals surface area contributed by atoms with Gasteiger partial charge in [0.1, 0.15) is 0 Å². The number of anilines is 1. The molecule has 0 saturated carbocycles. The Kier molecular flexibility index (Phi) is 5.69. The molecule has 0 spiro atoms. The average Bonchev–Trinajstić information content (AvgIpc) is 2.33. The van der Waals surface area contributed by atoms with Gasteiger partial charge >= 0.3 is 0 Å². The fourth-order valence-electron chi connectivity index (χ4n) is 1.42. The van der Waals surface area contributed by atoms with Crippen LogP contribution in [0.3, 0.4) is 0 Å². The van der Waals surface area contributed by atoms with Crippen LogP contribution < -0.4 is 5.32 Å². The van der Waals surface area contributed by atoms with E-state index in [1.165, 1.54) is 12.4 Å². The molecule has 0 aliphatic heterocycles. The first-order valence-corrected chi connectivity index (χ1v) is 6.04. The second kappa shape index (κ2) is 7.06. The van der Waals surface area contributed by atoms with Gasteiger partial charge in [-0.1, -0.05) is 11.6 Å². The zero-order chi connectivity index (χ0) is 12.7. The van der Waals surface area contributed by atoms with E-state index in [-0.39, 0.29) is 5.91 Å². The van der Waals surface area contributed by atoms with Gasteiger partial charge in [-0.2, -0.15) is 0 Å². The summed E-state index contributed by atoms with van der Waals surface area (Å²) in [6.07, 6.45) is 3.47. The van der Waals surface area contributed by atoms with Gasteiger partial charge in [0, 0.05) is 26.1 Å². The van der Waals surface area contributed by atoms with Gasteiger partial charge in [-0.25, -0.2) is 9.97 Å². The Labute approximate surface area is 106 Å². The topological polar surface area (TPSA) is 58.1 Å². The molecule has 0 aromatic carbocycles. The molecular weight excluding hydrogens is 240 g/mol. The van der Waals surface area contributed by atoms with Gasteiger partial charge < -0.3 is 10.2 Å². The van der Waals surface area contributed by atoms with Crippen LogP contribution in [0.5, 0.6) is 0 Å². The maximum Gasteiger partial charge on any atom is 0.224 e. The number of hydrogen-bond donors (Lipinski definition) is 1. The second-order valence-electron chi connectivity index (χ2n) is 3.47. The molecule has 0 aliphatic rings. The monoisotopic (exact) mass is 256 g/mol. The van der Waals surface area contributed by atoms with Crippen LogP contribution in [-0.4, -0.2) is 40.4 Å². The van der Waals surface area contributed by atoms with Crippen LogP contribution in [0.15, 0.2) is 12.4 Å². The molecule has 0 saturated heterocycles. The van der Waals surface area contributed by atoms with E-state index in [0.29, 0.717) is 23.9 Å². The molecule has 0 atom stereocenters. The van der Waals surface area contributed by atoms with Crippen molar-refractivity contribution in [1.29, 1.82) is 0 Å². The Balaban J connectivity index is 2.32. The van der Waals surface area contributed by atoms with Gasteiger partial charge in [0.25, 0.3) is 0 Å². The first kappa shape index (κ1) is 13.7. The number of carbonyl (C=O) groups is 1. The molecule has 1 amide bonds. The van der Waals surface area contributed by atoms with Gasteiger partial charge in [-0.05, 0) is 13.8 Å². The van der Waals surface area contributed by atoms with E-state index in [4.69, 9.17) is 11.6 Å². The van der Waals surface area contributed by atoms with Crippen LogP contribution in [0.2, 0.25) is 5.02 Å². The zero-order valence-electron chi connectivity index (χ0n) is 10.1. The van der Waals surface area contributed by atoms with Gasteiger partial charge in [-0.3, -0.25) is 4.79 Å². The Hall–Kier alpha value is -1.36. The molecule has 0 fully saturated rings. The van der Waals surface area contributed by atoms with Crippen LogP contribution in [0.4, 0.5) is 5.95 Å². The number of amides is 1. The molecule has 5 nitrogen and oxygen atoms in total. The molecule has 1 aromatic heterocycles. The van der Waals surface area contributed by atoms with E-state index in [9.17, 15) is 4.79 Å². The van der Waals surface area contributed by atoms with Gasteiger partial charge in [0.2, 0.25) is 11.9 Å². The number of aromatic nitrogens is 2. The number of halogens is 1.